The fourth-order valence-electron chi connectivity index (χ4n) is 4.48. The highest BCUT2D eigenvalue weighted by atomic mass is 19.4. The maximum Gasteiger partial charge on any atom is 0.417 e. The Morgan fingerprint density at radius 1 is 1.12 bits per heavy atom. The number of carbonyl (C=O) groups excluding carboxylic acids is 1. The summed E-state index contributed by atoms with van der Waals surface area (Å²) >= 11 is 0. The van der Waals surface area contributed by atoms with Crippen LogP contribution in [0.2, 0.25) is 0 Å². The van der Waals surface area contributed by atoms with Crippen LogP contribution in [0.1, 0.15) is 39.5 Å². The molecule has 172 valence electrons. The van der Waals surface area contributed by atoms with Crippen molar-refractivity contribution in [2.45, 2.75) is 32.5 Å². The largest absolute Gasteiger partial charge is 0.417 e. The van der Waals surface area contributed by atoms with Crippen molar-refractivity contribution in [1.29, 1.82) is 0 Å². The van der Waals surface area contributed by atoms with Crippen molar-refractivity contribution in [3.63, 3.8) is 0 Å². The van der Waals surface area contributed by atoms with Gasteiger partial charge in [0.2, 0.25) is 0 Å². The van der Waals surface area contributed by atoms with Crippen LogP contribution in [0.4, 0.5) is 19.0 Å². The first-order valence-corrected chi connectivity index (χ1v) is 10.7. The fourth-order valence-corrected chi connectivity index (χ4v) is 4.48. The van der Waals surface area contributed by atoms with Crippen LogP contribution in [0.3, 0.4) is 0 Å². The predicted molar refractivity (Wildman–Crippen MR) is 117 cm³/mol. The van der Waals surface area contributed by atoms with Gasteiger partial charge in [0, 0.05) is 45.6 Å². The lowest BCUT2D eigenvalue weighted by Crippen LogP contribution is -2.49. The number of rotatable bonds is 3. The molecule has 9 heteroatoms. The second-order valence-corrected chi connectivity index (χ2v) is 8.80. The maximum atomic E-state index is 13.9. The van der Waals surface area contributed by atoms with Gasteiger partial charge < -0.3 is 15.1 Å². The van der Waals surface area contributed by atoms with Crippen LogP contribution < -0.4 is 15.5 Å². The number of hydrogen-bond acceptors (Lipinski definition) is 5. The Balaban J connectivity index is 1.54. The van der Waals surface area contributed by atoms with Crippen LogP contribution in [-0.2, 0) is 11.7 Å². The van der Waals surface area contributed by atoms with E-state index in [0.29, 0.717) is 45.0 Å². The molecule has 0 spiro atoms. The zero-order valence-electron chi connectivity index (χ0n) is 18.5. The third-order valence-corrected chi connectivity index (χ3v) is 6.33. The number of pyridine rings is 1. The minimum Gasteiger partial charge on any atom is -0.353 e. The average molecular weight is 448 g/mol. The molecular weight excluding hydrogens is 419 g/mol. The van der Waals surface area contributed by atoms with Gasteiger partial charge >= 0.3 is 6.18 Å². The van der Waals surface area contributed by atoms with Crippen molar-refractivity contribution in [1.82, 2.24) is 20.5 Å². The smallest absolute Gasteiger partial charge is 0.353 e. The number of anilines is 1. The molecule has 6 nitrogen and oxygen atoms in total. The number of amides is 1. The van der Waals surface area contributed by atoms with E-state index in [1.807, 2.05) is 26.8 Å². The highest BCUT2D eigenvalue weighted by Gasteiger charge is 2.39. The summed E-state index contributed by atoms with van der Waals surface area (Å²) in [4.78, 5) is 21.2. The van der Waals surface area contributed by atoms with Gasteiger partial charge in [-0.2, -0.15) is 13.2 Å². The van der Waals surface area contributed by atoms with Crippen LogP contribution in [0.15, 0.2) is 30.5 Å². The van der Waals surface area contributed by atoms with E-state index in [1.54, 1.807) is 12.3 Å². The molecule has 2 fully saturated rings. The SMILES string of the molecule is Cc1cnc(N2CCN(C(=O)c3ccc(C4(C)CNCN4)cc3C(F)(F)F)CC2)c(C)c1. The fraction of sp³-hybridized carbons (Fsp3) is 0.478. The molecule has 2 aliphatic heterocycles. The van der Waals surface area contributed by atoms with Gasteiger partial charge in [-0.3, -0.25) is 10.1 Å². The number of halogens is 3. The van der Waals surface area contributed by atoms with Crippen LogP contribution >= 0.6 is 0 Å². The highest BCUT2D eigenvalue weighted by molar-refractivity contribution is 5.96. The molecule has 0 radical (unpaired) electrons. The second-order valence-electron chi connectivity index (χ2n) is 8.80. The summed E-state index contributed by atoms with van der Waals surface area (Å²) in [6.07, 6.45) is -2.82. The second kappa shape index (κ2) is 8.37. The monoisotopic (exact) mass is 447 g/mol. The molecule has 2 aromatic rings. The number of nitrogens with zero attached hydrogens (tertiary/aromatic N) is 3. The molecular formula is C23H28F3N5O. The molecule has 32 heavy (non-hydrogen) atoms. The first kappa shape index (κ1) is 22.5. The van der Waals surface area contributed by atoms with Gasteiger partial charge in [0.15, 0.2) is 0 Å². The summed E-state index contributed by atoms with van der Waals surface area (Å²) in [5.74, 6) is 0.272. The van der Waals surface area contributed by atoms with E-state index in [9.17, 15) is 18.0 Å². The van der Waals surface area contributed by atoms with Crippen LogP contribution in [0.5, 0.6) is 0 Å². The molecule has 2 N–H and O–H groups in total. The Kier molecular flexibility index (Phi) is 5.89. The van der Waals surface area contributed by atoms with E-state index >= 15 is 0 Å². The molecule has 1 aromatic carbocycles. The topological polar surface area (TPSA) is 60.5 Å². The van der Waals surface area contributed by atoms with Crippen molar-refractivity contribution in [3.05, 3.63) is 58.3 Å². The van der Waals surface area contributed by atoms with E-state index in [4.69, 9.17) is 0 Å². The van der Waals surface area contributed by atoms with Crippen molar-refractivity contribution >= 4 is 11.7 Å². The van der Waals surface area contributed by atoms with E-state index < -0.39 is 23.2 Å². The van der Waals surface area contributed by atoms with E-state index in [0.717, 1.165) is 23.0 Å². The van der Waals surface area contributed by atoms with Crippen molar-refractivity contribution in [2.24, 2.45) is 0 Å². The molecule has 3 heterocycles. The summed E-state index contributed by atoms with van der Waals surface area (Å²) in [6, 6.07) is 6.11. The molecule has 1 amide bonds. The first-order chi connectivity index (χ1) is 15.1. The standard InChI is InChI=1S/C23H28F3N5O/c1-15-10-16(2)20(28-12-15)30-6-8-31(9-7-30)21(32)18-5-4-17(11-19(18)23(24,25)26)22(3)13-27-14-29-22/h4-5,10-12,27,29H,6-9,13-14H2,1-3H3. The number of aryl methyl sites for hydroxylation is 2. The number of alkyl halides is 3. The number of piperazine rings is 1. The Bertz CT molecular complexity index is 1010. The van der Waals surface area contributed by atoms with E-state index in [2.05, 4.69) is 20.5 Å². The third-order valence-electron chi connectivity index (χ3n) is 6.33. The number of nitrogens with one attached hydrogen (secondary N) is 2. The minimum atomic E-state index is -4.62. The third kappa shape index (κ3) is 4.31. The molecule has 0 aliphatic carbocycles. The van der Waals surface area contributed by atoms with Crippen molar-refractivity contribution in [2.75, 3.05) is 44.3 Å². The summed E-state index contributed by atoms with van der Waals surface area (Å²) in [7, 11) is 0. The Morgan fingerprint density at radius 2 is 1.84 bits per heavy atom. The Hall–Kier alpha value is -2.65. The average Bonchev–Trinajstić information content (AvgIpc) is 3.20. The zero-order valence-corrected chi connectivity index (χ0v) is 18.5. The maximum absolute atomic E-state index is 13.9. The van der Waals surface area contributed by atoms with Gasteiger partial charge in [-0.1, -0.05) is 12.1 Å². The molecule has 1 unspecified atom stereocenters. The molecule has 1 atom stereocenters. The number of benzene rings is 1. The summed E-state index contributed by atoms with van der Waals surface area (Å²) in [5.41, 5.74) is 0.842. The van der Waals surface area contributed by atoms with Gasteiger partial charge in [0.25, 0.3) is 5.91 Å². The molecule has 1 aromatic heterocycles. The van der Waals surface area contributed by atoms with Crippen molar-refractivity contribution < 1.29 is 18.0 Å². The lowest BCUT2D eigenvalue weighted by molar-refractivity contribution is -0.138. The lowest BCUT2D eigenvalue weighted by Gasteiger charge is -2.36. The molecule has 4 rings (SSSR count). The Morgan fingerprint density at radius 3 is 2.44 bits per heavy atom. The summed E-state index contributed by atoms with van der Waals surface area (Å²) in [6.45, 7) is 8.59. The van der Waals surface area contributed by atoms with Crippen LogP contribution in [0.25, 0.3) is 0 Å². The number of hydrogen-bond donors (Lipinski definition) is 2. The summed E-state index contributed by atoms with van der Waals surface area (Å²) in [5, 5.41) is 6.29. The molecule has 0 bridgehead atoms. The number of carbonyl (C=O) groups is 1. The first-order valence-electron chi connectivity index (χ1n) is 10.7. The Labute approximate surface area is 185 Å². The zero-order chi connectivity index (χ0) is 23.1. The highest BCUT2D eigenvalue weighted by Crippen LogP contribution is 2.36. The molecule has 0 saturated carbocycles. The van der Waals surface area contributed by atoms with Gasteiger partial charge in [-0.25, -0.2) is 4.98 Å². The van der Waals surface area contributed by atoms with E-state index in [1.165, 1.54) is 11.0 Å². The van der Waals surface area contributed by atoms with Crippen molar-refractivity contribution in [3.8, 4) is 0 Å². The normalized spacial score (nSPS) is 21.8. The number of aromatic nitrogens is 1. The van der Waals surface area contributed by atoms with Gasteiger partial charge in [0.1, 0.15) is 5.82 Å². The summed E-state index contributed by atoms with van der Waals surface area (Å²) < 4.78 is 41.7. The van der Waals surface area contributed by atoms with Gasteiger partial charge in [-0.15, -0.1) is 0 Å². The molecule has 2 saturated heterocycles. The van der Waals surface area contributed by atoms with Gasteiger partial charge in [-0.05, 0) is 49.6 Å². The predicted octanol–water partition coefficient (Wildman–Crippen LogP) is 3.05. The quantitative estimate of drug-likeness (QED) is 0.758. The van der Waals surface area contributed by atoms with E-state index in [-0.39, 0.29) is 5.56 Å². The molecule has 2 aliphatic rings. The minimum absolute atomic E-state index is 0.297. The van der Waals surface area contributed by atoms with Gasteiger partial charge in [0.05, 0.1) is 16.7 Å². The van der Waals surface area contributed by atoms with Crippen LogP contribution in [-0.4, -0.2) is 55.2 Å². The van der Waals surface area contributed by atoms with Crippen LogP contribution in [0, 0.1) is 13.8 Å². The lowest BCUT2D eigenvalue weighted by atomic mass is 9.89.